The van der Waals surface area contributed by atoms with E-state index in [0.717, 1.165) is 32.8 Å². The summed E-state index contributed by atoms with van der Waals surface area (Å²) in [6, 6.07) is 9.19. The molecule has 1 amide bonds. The van der Waals surface area contributed by atoms with Crippen molar-refractivity contribution >= 4 is 30.9 Å². The zero-order valence-corrected chi connectivity index (χ0v) is 50.8. The molecule has 0 aromatic heterocycles. The van der Waals surface area contributed by atoms with Gasteiger partial charge in [-0.25, -0.2) is 0 Å². The SMILES string of the molecule is C.C=C(CC)CNC(C)C.CC.CC.CC.CCN1CN(CC=O)CCN(CC(=O)O)CN(CC(=O)O)C1.CCc1cccc(C)c1.CO.O=CCOCCOCCOCCOCCOCCOCCOCCOCCNC=O. The van der Waals surface area contributed by atoms with Crippen LogP contribution in [0.4, 0.5) is 0 Å². The third kappa shape index (κ3) is 74.2. The van der Waals surface area contributed by atoms with Crippen molar-refractivity contribution < 1.29 is 77.2 Å². The number of amides is 1. The molecule has 0 atom stereocenters. The van der Waals surface area contributed by atoms with E-state index >= 15 is 0 Å². The van der Waals surface area contributed by atoms with Crippen molar-refractivity contribution in [2.75, 3.05) is 185 Å². The number of carbonyl (C=O) groups is 5. The number of hydrogen-bond donors (Lipinski definition) is 5. The van der Waals surface area contributed by atoms with Gasteiger partial charge in [0.15, 0.2) is 0 Å². The van der Waals surface area contributed by atoms with Gasteiger partial charge in [0.05, 0.1) is 139 Å². The van der Waals surface area contributed by atoms with Crippen LogP contribution in [0.25, 0.3) is 0 Å². The second kappa shape index (κ2) is 76.2. The monoisotopic (exact) mass is 1140 g/mol. The number of benzene rings is 1. The van der Waals surface area contributed by atoms with Crippen molar-refractivity contribution in [1.82, 2.24) is 30.2 Å². The van der Waals surface area contributed by atoms with Crippen molar-refractivity contribution in [3.05, 3.63) is 47.5 Å². The van der Waals surface area contributed by atoms with Gasteiger partial charge in [0.1, 0.15) is 19.2 Å². The Labute approximate surface area is 479 Å². The summed E-state index contributed by atoms with van der Waals surface area (Å²) < 4.78 is 42.3. The van der Waals surface area contributed by atoms with Gasteiger partial charge in [0.2, 0.25) is 6.41 Å². The standard InChI is InChI=1S/C19H37NO10.C13H24N4O5.C9H12.C8H17N.3C2H6.CH4O.CH4/c21-2-4-24-6-8-26-10-12-28-14-16-30-18-17-29-15-13-27-11-9-25-7-5-23-3-1-20-19-22;1-2-14-9-15(5-6-18)3-4-16(7-12(19)20)11-17(10-14)8-13(21)22;1-3-9-6-4-5-8(2)7-9;1-5-8(4)6-9-7(2)3;4*1-2;/h2,19H,1,3-18H2,(H,20,22);6H,2-5,7-11H2,1H3,(H,19,20)(H,21,22);4-7H,3H2,1-2H3;7,9H,4-6H2,1-3H3;3*1-2H3;2H,1H3;1H4. The molecule has 0 aliphatic carbocycles. The number of aliphatic hydroxyl groups excluding tert-OH is 1. The molecule has 1 aliphatic rings. The Morgan fingerprint density at radius 1 is 0.620 bits per heavy atom. The molecule has 470 valence electrons. The lowest BCUT2D eigenvalue weighted by Crippen LogP contribution is -2.47. The van der Waals surface area contributed by atoms with Crippen LogP contribution in [0.15, 0.2) is 36.4 Å². The average Bonchev–Trinajstić information content (AvgIpc) is 3.52. The first-order valence-corrected chi connectivity index (χ1v) is 27.7. The molecule has 22 heteroatoms. The van der Waals surface area contributed by atoms with E-state index in [1.807, 2.05) is 58.3 Å². The predicted octanol–water partition coefficient (Wildman–Crippen LogP) is 5.36. The number of carbonyl (C=O) groups excluding carboxylic acids is 3. The third-order valence-electron chi connectivity index (χ3n) is 9.45. The summed E-state index contributed by atoms with van der Waals surface area (Å²) in [5.41, 5.74) is 4.06. The normalized spacial score (nSPS) is 12.3. The van der Waals surface area contributed by atoms with E-state index in [-0.39, 0.29) is 40.3 Å². The van der Waals surface area contributed by atoms with Crippen LogP contribution in [-0.2, 0) is 68.3 Å². The Morgan fingerprint density at radius 2 is 1.03 bits per heavy atom. The van der Waals surface area contributed by atoms with Crippen LogP contribution in [0.3, 0.4) is 0 Å². The highest BCUT2D eigenvalue weighted by atomic mass is 16.6. The summed E-state index contributed by atoms with van der Waals surface area (Å²) in [6.07, 6.45) is 4.39. The van der Waals surface area contributed by atoms with E-state index < -0.39 is 11.9 Å². The smallest absolute Gasteiger partial charge is 0.317 e. The fourth-order valence-corrected chi connectivity index (χ4v) is 5.69. The molecule has 1 saturated heterocycles. The maximum Gasteiger partial charge on any atom is 0.317 e. The third-order valence-corrected chi connectivity index (χ3v) is 9.45. The van der Waals surface area contributed by atoms with E-state index in [1.165, 1.54) is 16.7 Å². The quantitative estimate of drug-likeness (QED) is 0.0316. The Balaban J connectivity index is -0.000000183. The number of aldehydes is 2. The van der Waals surface area contributed by atoms with E-state index in [9.17, 15) is 24.0 Å². The molecule has 0 radical (unpaired) electrons. The van der Waals surface area contributed by atoms with Gasteiger partial charge in [-0.05, 0) is 31.9 Å². The van der Waals surface area contributed by atoms with Crippen LogP contribution in [0.5, 0.6) is 0 Å². The Bertz CT molecular complexity index is 1390. The summed E-state index contributed by atoms with van der Waals surface area (Å²) >= 11 is 0. The number of aliphatic carboxylic acids is 2. The number of nitrogens with one attached hydrogen (secondary N) is 2. The summed E-state index contributed by atoms with van der Waals surface area (Å²) in [5, 5.41) is 30.8. The largest absolute Gasteiger partial charge is 0.480 e. The molecule has 1 aromatic carbocycles. The molecule has 0 saturated carbocycles. The molecule has 5 N–H and O–H groups in total. The molecule has 1 aromatic rings. The van der Waals surface area contributed by atoms with Crippen LogP contribution in [0.1, 0.15) is 101 Å². The van der Waals surface area contributed by atoms with E-state index in [1.54, 1.807) is 9.80 Å². The van der Waals surface area contributed by atoms with Crippen molar-refractivity contribution in [2.45, 2.75) is 109 Å². The lowest BCUT2D eigenvalue weighted by molar-refractivity contribution is -0.140. The number of aliphatic hydroxyl groups is 1. The van der Waals surface area contributed by atoms with Gasteiger partial charge in [-0.15, -0.1) is 0 Å². The van der Waals surface area contributed by atoms with E-state index in [2.05, 4.69) is 76.1 Å². The Kier molecular flexibility index (Phi) is 85.8. The maximum absolute atomic E-state index is 11.0. The van der Waals surface area contributed by atoms with Crippen molar-refractivity contribution in [2.24, 2.45) is 0 Å². The van der Waals surface area contributed by atoms with Crippen LogP contribution >= 0.6 is 0 Å². The summed E-state index contributed by atoms with van der Waals surface area (Å²) in [4.78, 5) is 60.1. The number of carboxylic acids is 2. The number of hydrogen-bond acceptors (Lipinski definition) is 19. The lowest BCUT2D eigenvalue weighted by Gasteiger charge is -2.31. The van der Waals surface area contributed by atoms with Gasteiger partial charge >= 0.3 is 11.9 Å². The fraction of sp³-hybridized carbons (Fsp3) is 0.772. The number of carboxylic acid groups (broad SMARTS) is 2. The van der Waals surface area contributed by atoms with Gasteiger partial charge in [0.25, 0.3) is 0 Å². The fourth-order valence-electron chi connectivity index (χ4n) is 5.69. The van der Waals surface area contributed by atoms with E-state index in [4.69, 9.17) is 53.2 Å². The molecule has 1 heterocycles. The molecule has 1 aliphatic heterocycles. The predicted molar refractivity (Wildman–Crippen MR) is 317 cm³/mol. The maximum atomic E-state index is 11.0. The zero-order chi connectivity index (χ0) is 60.3. The van der Waals surface area contributed by atoms with Gasteiger partial charge in [-0.3, -0.25) is 34.0 Å². The average molecular weight is 1140 g/mol. The summed E-state index contributed by atoms with van der Waals surface area (Å²) in [6.45, 7) is 40.3. The van der Waals surface area contributed by atoms with Crippen molar-refractivity contribution in [3.63, 3.8) is 0 Å². The van der Waals surface area contributed by atoms with Gasteiger partial charge in [-0.1, -0.05) is 126 Å². The minimum atomic E-state index is -0.955. The minimum Gasteiger partial charge on any atom is -0.480 e. The number of nitrogens with zero attached hydrogens (tertiary/aromatic N) is 4. The minimum absolute atomic E-state index is 0. The van der Waals surface area contributed by atoms with E-state index in [0.29, 0.717) is 157 Å². The second-order valence-electron chi connectivity index (χ2n) is 15.9. The molecule has 79 heavy (non-hydrogen) atoms. The number of rotatable bonds is 39. The Morgan fingerprint density at radius 3 is 1.38 bits per heavy atom. The first-order chi connectivity index (χ1) is 37.8. The lowest BCUT2D eigenvalue weighted by atomic mass is 10.1. The molecule has 22 nitrogen and oxygen atoms in total. The molecule has 2 rings (SSSR count). The van der Waals surface area contributed by atoms with Gasteiger partial charge in [0, 0.05) is 39.3 Å². The topological polar surface area (TPSA) is 257 Å². The first kappa shape index (κ1) is 89.0. The van der Waals surface area contributed by atoms with Crippen molar-refractivity contribution in [3.8, 4) is 0 Å². The number of aryl methyl sites for hydroxylation is 2. The first-order valence-electron chi connectivity index (χ1n) is 27.7. The molecule has 0 spiro atoms. The molecule has 1 fully saturated rings. The van der Waals surface area contributed by atoms with Crippen LogP contribution < -0.4 is 10.6 Å². The molecule has 0 bridgehead atoms. The van der Waals surface area contributed by atoms with Gasteiger partial charge < -0.3 is 73.4 Å². The summed E-state index contributed by atoms with van der Waals surface area (Å²) in [5.74, 6) is -1.90. The number of ether oxygens (including phenoxy) is 8. The highest BCUT2D eigenvalue weighted by Gasteiger charge is 2.23. The molecule has 0 unspecified atom stereocenters. The van der Waals surface area contributed by atoms with Crippen molar-refractivity contribution in [1.29, 1.82) is 0 Å². The van der Waals surface area contributed by atoms with Crippen LogP contribution in [0.2, 0.25) is 0 Å². The highest BCUT2D eigenvalue weighted by Crippen LogP contribution is 2.05. The zero-order valence-electron chi connectivity index (χ0n) is 50.8. The second-order valence-corrected chi connectivity index (χ2v) is 15.9. The van der Waals surface area contributed by atoms with Crippen LogP contribution in [-0.4, -0.2) is 257 Å². The summed E-state index contributed by atoms with van der Waals surface area (Å²) in [7, 11) is 1.00. The highest BCUT2D eigenvalue weighted by molar-refractivity contribution is 5.69. The molecular weight excluding hydrogens is 1020 g/mol. The van der Waals surface area contributed by atoms with Gasteiger partial charge in [-0.2, -0.15) is 0 Å². The van der Waals surface area contributed by atoms with Crippen LogP contribution in [0, 0.1) is 6.92 Å². The Hall–Kier alpha value is -3.85. The molecular formula is C57H116N6O16.